The van der Waals surface area contributed by atoms with E-state index in [2.05, 4.69) is 66.7 Å². The van der Waals surface area contributed by atoms with Gasteiger partial charge in [-0.15, -0.1) is 5.10 Å². The van der Waals surface area contributed by atoms with Gasteiger partial charge in [0.15, 0.2) is 0 Å². The van der Waals surface area contributed by atoms with Crippen LogP contribution in [-0.2, 0) is 42.6 Å². The number of rotatable bonds is 20. The maximum Gasteiger partial charge on any atom is 0.512 e. The van der Waals surface area contributed by atoms with Crippen LogP contribution in [0, 0.1) is 0 Å². The molecule has 2 aromatic heterocycles. The standard InChI is InChI=1S/C41H46BBr2F3N8O8S2/c1-5-53(6-2)27-10-13-30-34(21-27)63-35-22-28(54(7-3)8-4)11-14-31(35)38(30)32-15-12-29(23-36(32)65(59,60)61)64(57,58)49-17-19-62-20-18-55-25-26(51-52-55)9-16-37(56)50-41-40(44)39(42(45,46)47)33(43)24-48-41/h10-15,21-25,49H,5-9,16-20H2,1-4H3,(H,48,50,56)(H,59,60,61)/p-1. The number of hydrogen-bond donors (Lipinski definition) is 2. The second-order valence-electron chi connectivity index (χ2n) is 14.6. The number of halogens is 5. The van der Waals surface area contributed by atoms with Crippen molar-refractivity contribution in [1.82, 2.24) is 29.3 Å². The van der Waals surface area contributed by atoms with E-state index in [1.54, 1.807) is 6.20 Å². The molecule has 16 nitrogen and oxygen atoms in total. The lowest BCUT2D eigenvalue weighted by Crippen LogP contribution is -2.37. The number of nitrogens with one attached hydrogen (secondary N) is 2. The summed E-state index contributed by atoms with van der Waals surface area (Å²) in [6.45, 7) is 5.67. The van der Waals surface area contributed by atoms with Crippen LogP contribution in [-0.4, -0.2) is 100 Å². The first-order valence-corrected chi connectivity index (χ1v) is 25.0. The van der Waals surface area contributed by atoms with Crippen molar-refractivity contribution in [3.05, 3.63) is 87.0 Å². The first-order valence-electron chi connectivity index (χ1n) is 20.5. The number of carbonyl (C=O) groups is 1. The van der Waals surface area contributed by atoms with E-state index in [4.69, 9.17) is 9.15 Å². The molecule has 0 bridgehead atoms. The fourth-order valence-corrected chi connectivity index (χ4v) is 10.6. The van der Waals surface area contributed by atoms with Gasteiger partial charge in [0, 0.05) is 93.7 Å². The number of carbonyl (C=O) groups excluding carboxylic acids is 1. The average molecular weight is 1070 g/mol. The Hall–Kier alpha value is -4.72. The van der Waals surface area contributed by atoms with Crippen molar-refractivity contribution in [1.29, 1.82) is 0 Å². The van der Waals surface area contributed by atoms with E-state index in [9.17, 15) is 39.1 Å². The summed E-state index contributed by atoms with van der Waals surface area (Å²) in [6, 6.07) is 14.6. The fraction of sp³-hybridized carbons (Fsp3) is 0.341. The van der Waals surface area contributed by atoms with Crippen LogP contribution in [0.1, 0.15) is 39.8 Å². The highest BCUT2D eigenvalue weighted by Gasteiger charge is 2.32. The molecule has 348 valence electrons. The van der Waals surface area contributed by atoms with Crippen molar-refractivity contribution in [2.75, 3.05) is 56.2 Å². The van der Waals surface area contributed by atoms with Crippen molar-refractivity contribution in [2.45, 2.75) is 56.9 Å². The van der Waals surface area contributed by atoms with E-state index in [1.165, 1.54) is 16.8 Å². The highest BCUT2D eigenvalue weighted by molar-refractivity contribution is 9.11. The molecule has 0 radical (unpaired) electrons. The van der Waals surface area contributed by atoms with Crippen molar-refractivity contribution >= 4 is 92.8 Å². The summed E-state index contributed by atoms with van der Waals surface area (Å²) in [5.74, 6) is -0.413. The fourth-order valence-electron chi connectivity index (χ4n) is 7.27. The van der Waals surface area contributed by atoms with E-state index < -0.39 is 48.3 Å². The molecule has 65 heavy (non-hydrogen) atoms. The highest BCUT2D eigenvalue weighted by Crippen LogP contribution is 2.43. The van der Waals surface area contributed by atoms with Crippen molar-refractivity contribution in [2.24, 2.45) is 0 Å². The van der Waals surface area contributed by atoms with Crippen molar-refractivity contribution in [3.63, 3.8) is 0 Å². The normalized spacial score (nSPS) is 12.3. The predicted molar refractivity (Wildman–Crippen MR) is 247 cm³/mol. The molecular formula is C41H45BBr2F3N8O8S2-. The molecule has 0 atom stereocenters. The molecule has 0 saturated carbocycles. The Kier molecular flexibility index (Phi) is 15.9. The zero-order valence-electron chi connectivity index (χ0n) is 35.7. The zero-order valence-corrected chi connectivity index (χ0v) is 40.5. The number of nitrogens with zero attached hydrogens (tertiary/aromatic N) is 6. The van der Waals surface area contributed by atoms with E-state index in [0.29, 0.717) is 33.6 Å². The molecule has 24 heteroatoms. The average Bonchev–Trinajstić information content (AvgIpc) is 3.71. The Morgan fingerprint density at radius 3 is 2.37 bits per heavy atom. The van der Waals surface area contributed by atoms with Crippen LogP contribution >= 0.6 is 31.9 Å². The lowest BCUT2D eigenvalue weighted by Gasteiger charge is -2.23. The third-order valence-corrected chi connectivity index (χ3v) is 14.3. The Bertz CT molecular complexity index is 2980. The minimum absolute atomic E-state index is 0.0218. The summed E-state index contributed by atoms with van der Waals surface area (Å²) in [4.78, 5) is 17.3. The van der Waals surface area contributed by atoms with E-state index in [-0.39, 0.29) is 59.5 Å². The second-order valence-corrected chi connectivity index (χ2v) is 19.3. The number of aromatic nitrogens is 4. The summed E-state index contributed by atoms with van der Waals surface area (Å²) in [5.41, 5.74) is 1.77. The molecule has 1 aliphatic heterocycles. The zero-order chi connectivity index (χ0) is 47.3. The third-order valence-electron chi connectivity index (χ3n) is 10.5. The van der Waals surface area contributed by atoms with Crippen LogP contribution in [0.3, 0.4) is 0 Å². The lowest BCUT2D eigenvalue weighted by molar-refractivity contribution is -0.116. The van der Waals surface area contributed by atoms with E-state index in [0.717, 1.165) is 49.5 Å². The summed E-state index contributed by atoms with van der Waals surface area (Å²) in [5, 5.41) is 11.8. The maximum atomic E-state index is 13.5. The molecule has 0 spiro atoms. The van der Waals surface area contributed by atoms with Crippen molar-refractivity contribution < 1.29 is 48.3 Å². The Balaban J connectivity index is 1.12. The van der Waals surface area contributed by atoms with Crippen LogP contribution in [0.5, 0.6) is 0 Å². The molecule has 2 N–H and O–H groups in total. The second kappa shape index (κ2) is 20.8. The number of pyridine rings is 1. The summed E-state index contributed by atoms with van der Waals surface area (Å²) in [6.07, 6.45) is 2.52. The van der Waals surface area contributed by atoms with Gasteiger partial charge in [-0.2, -0.15) is 0 Å². The van der Waals surface area contributed by atoms with E-state index in [1.807, 2.05) is 64.1 Å². The molecule has 1 amide bonds. The van der Waals surface area contributed by atoms with Gasteiger partial charge >= 0.3 is 6.98 Å². The molecule has 0 fully saturated rings. The number of sulfonamides is 1. The largest absolute Gasteiger partial charge is 0.744 e. The Morgan fingerprint density at radius 1 is 0.969 bits per heavy atom. The molecule has 0 saturated heterocycles. The number of aryl methyl sites for hydroxylation is 1. The van der Waals surface area contributed by atoms with Gasteiger partial charge in [-0.1, -0.05) is 32.7 Å². The van der Waals surface area contributed by atoms with Crippen LogP contribution in [0.2, 0.25) is 0 Å². The lowest BCUT2D eigenvalue weighted by atomic mass is 9.81. The number of hydrogen-bond acceptors (Lipinski definition) is 12. The Morgan fingerprint density at radius 2 is 1.69 bits per heavy atom. The van der Waals surface area contributed by atoms with Gasteiger partial charge in [0.2, 0.25) is 21.3 Å². The number of amides is 1. The van der Waals surface area contributed by atoms with Gasteiger partial charge in [0.25, 0.3) is 0 Å². The first kappa shape index (κ1) is 49.7. The molecule has 3 heterocycles. The molecule has 1 aliphatic carbocycles. The Labute approximate surface area is 390 Å². The molecule has 2 aromatic carbocycles. The molecule has 6 rings (SSSR count). The van der Waals surface area contributed by atoms with Crippen LogP contribution in [0.25, 0.3) is 33.4 Å². The topological polar surface area (TPSA) is 205 Å². The smallest absolute Gasteiger partial charge is 0.512 e. The predicted octanol–water partition coefficient (Wildman–Crippen LogP) is 5.90. The minimum Gasteiger partial charge on any atom is -0.744 e. The number of anilines is 2. The number of ether oxygens (including phenoxy) is 1. The summed E-state index contributed by atoms with van der Waals surface area (Å²) < 4.78 is 124. The quantitative estimate of drug-likeness (QED) is 0.0302. The molecule has 0 unspecified atom stereocenters. The van der Waals surface area contributed by atoms with Gasteiger partial charge in [-0.25, -0.2) is 35.8 Å². The maximum absolute atomic E-state index is 13.5. The SMILES string of the molecule is CCN(CC)c1ccc2c(-c3ccc(S(=O)(=O)NCCOCCn4cc(CCC(=O)Nc5ncc(Br)c([B-](F)(F)F)c5Br)nn4)cc3S(=O)(=O)[O-])c3ccc(=[N+](CC)CC)cc-3oc2c1. The van der Waals surface area contributed by atoms with Crippen LogP contribution in [0.4, 0.5) is 24.5 Å². The molecular weight excluding hydrogens is 1020 g/mol. The molecule has 4 aromatic rings. The number of benzene rings is 3. The van der Waals surface area contributed by atoms with Crippen LogP contribution in [0.15, 0.2) is 90.1 Å². The van der Waals surface area contributed by atoms with Gasteiger partial charge < -0.3 is 36.9 Å². The monoisotopic (exact) mass is 1070 g/mol. The minimum atomic E-state index is -5.39. The van der Waals surface area contributed by atoms with E-state index >= 15 is 0 Å². The van der Waals surface area contributed by atoms with Crippen molar-refractivity contribution in [3.8, 4) is 22.5 Å². The molecule has 2 aliphatic rings. The first-order chi connectivity index (χ1) is 30.8. The van der Waals surface area contributed by atoms with Gasteiger partial charge in [0.05, 0.1) is 41.3 Å². The number of fused-ring (bicyclic) bond motifs is 2. The van der Waals surface area contributed by atoms with Gasteiger partial charge in [-0.3, -0.25) is 4.79 Å². The van der Waals surface area contributed by atoms with Gasteiger partial charge in [-0.05, 0) is 74.0 Å². The summed E-state index contributed by atoms with van der Waals surface area (Å²) >= 11 is 5.72. The highest BCUT2D eigenvalue weighted by atomic mass is 79.9. The van der Waals surface area contributed by atoms with Crippen LogP contribution < -0.4 is 30.3 Å². The third kappa shape index (κ3) is 11.6. The summed E-state index contributed by atoms with van der Waals surface area (Å²) in [7, 11) is -9.57. The van der Waals surface area contributed by atoms with Gasteiger partial charge in [0.1, 0.15) is 40.4 Å².